The summed E-state index contributed by atoms with van der Waals surface area (Å²) in [6, 6.07) is 10.2. The second kappa shape index (κ2) is 9.49. The average Bonchev–Trinajstić information content (AvgIpc) is 3.13. The Hall–Kier alpha value is -1.90. The fraction of sp³-hybridized carbons (Fsp3) is 0.500. The molecule has 1 aromatic heterocycles. The SMILES string of the molecule is O=C(O)C(F)(F)F.OC1(c2ccccc2)CCN(Cc2csc3c2CCCC3)CC1. The smallest absolute Gasteiger partial charge is 0.475 e. The van der Waals surface area contributed by atoms with E-state index in [0.29, 0.717) is 0 Å². The first kappa shape index (κ1) is 22.8. The van der Waals surface area contributed by atoms with Gasteiger partial charge < -0.3 is 10.2 Å². The molecule has 30 heavy (non-hydrogen) atoms. The zero-order chi connectivity index (χ0) is 21.8. The highest BCUT2D eigenvalue weighted by molar-refractivity contribution is 7.10. The van der Waals surface area contributed by atoms with Crippen molar-refractivity contribution < 1.29 is 28.2 Å². The van der Waals surface area contributed by atoms with Gasteiger partial charge in [-0.2, -0.15) is 13.2 Å². The van der Waals surface area contributed by atoms with E-state index in [2.05, 4.69) is 22.4 Å². The minimum absolute atomic E-state index is 0.633. The van der Waals surface area contributed by atoms with Crippen LogP contribution in [0.3, 0.4) is 0 Å². The fourth-order valence-corrected chi connectivity index (χ4v) is 5.19. The summed E-state index contributed by atoms with van der Waals surface area (Å²) in [5.74, 6) is -2.76. The van der Waals surface area contributed by atoms with Crippen molar-refractivity contribution in [2.24, 2.45) is 0 Å². The molecule has 8 heteroatoms. The Balaban J connectivity index is 0.000000318. The van der Waals surface area contributed by atoms with Crippen LogP contribution in [0.4, 0.5) is 13.2 Å². The summed E-state index contributed by atoms with van der Waals surface area (Å²) in [5.41, 5.74) is 3.64. The Labute approximate surface area is 178 Å². The molecule has 4 nitrogen and oxygen atoms in total. The molecule has 1 aromatic carbocycles. The lowest BCUT2D eigenvalue weighted by Crippen LogP contribution is -2.42. The van der Waals surface area contributed by atoms with Crippen LogP contribution in [0.25, 0.3) is 0 Å². The maximum absolute atomic E-state index is 11.0. The van der Waals surface area contributed by atoms with Gasteiger partial charge in [-0.1, -0.05) is 30.3 Å². The molecule has 0 bridgehead atoms. The monoisotopic (exact) mass is 441 g/mol. The summed E-state index contributed by atoms with van der Waals surface area (Å²) in [7, 11) is 0. The van der Waals surface area contributed by atoms with Gasteiger partial charge in [0.05, 0.1) is 5.60 Å². The highest BCUT2D eigenvalue weighted by Crippen LogP contribution is 2.35. The van der Waals surface area contributed by atoms with E-state index in [0.717, 1.165) is 38.0 Å². The van der Waals surface area contributed by atoms with E-state index in [9.17, 15) is 18.3 Å². The molecular weight excluding hydrogens is 415 g/mol. The fourth-order valence-electron chi connectivity index (χ4n) is 4.05. The summed E-state index contributed by atoms with van der Waals surface area (Å²) in [6.45, 7) is 3.03. The van der Waals surface area contributed by atoms with E-state index < -0.39 is 17.7 Å². The predicted molar refractivity (Wildman–Crippen MR) is 110 cm³/mol. The van der Waals surface area contributed by atoms with E-state index in [1.165, 1.54) is 25.7 Å². The van der Waals surface area contributed by atoms with Gasteiger partial charge in [0.2, 0.25) is 0 Å². The largest absolute Gasteiger partial charge is 0.490 e. The van der Waals surface area contributed by atoms with Gasteiger partial charge in [-0.15, -0.1) is 11.3 Å². The molecule has 2 aliphatic rings. The van der Waals surface area contributed by atoms with Crippen molar-refractivity contribution in [2.75, 3.05) is 13.1 Å². The second-order valence-electron chi connectivity index (χ2n) is 7.85. The second-order valence-corrected chi connectivity index (χ2v) is 8.81. The predicted octanol–water partition coefficient (Wildman–Crippen LogP) is 4.74. The zero-order valence-electron chi connectivity index (χ0n) is 16.6. The standard InChI is InChI=1S/C20H25NOS.C2HF3O2/c22-20(17-6-2-1-3-7-17)10-12-21(13-11-20)14-16-15-23-19-9-5-4-8-18(16)19;3-2(4,5)1(6)7/h1-3,6-7,15,22H,4-5,8-14H2;(H,6,7). The molecule has 0 spiro atoms. The van der Waals surface area contributed by atoms with Crippen LogP contribution in [-0.2, 0) is 29.8 Å². The Kier molecular flexibility index (Phi) is 7.21. The van der Waals surface area contributed by atoms with Gasteiger partial charge in [0.25, 0.3) is 0 Å². The molecule has 0 unspecified atom stereocenters. The maximum Gasteiger partial charge on any atom is 0.490 e. The van der Waals surface area contributed by atoms with Crippen molar-refractivity contribution in [2.45, 2.75) is 56.8 Å². The molecule has 0 amide bonds. The minimum Gasteiger partial charge on any atom is -0.475 e. The highest BCUT2D eigenvalue weighted by Gasteiger charge is 2.38. The summed E-state index contributed by atoms with van der Waals surface area (Å²) in [5, 5.41) is 20.5. The number of rotatable bonds is 3. The zero-order valence-corrected chi connectivity index (χ0v) is 17.4. The van der Waals surface area contributed by atoms with Gasteiger partial charge >= 0.3 is 12.1 Å². The van der Waals surface area contributed by atoms with Gasteiger partial charge in [-0.3, -0.25) is 4.90 Å². The molecule has 164 valence electrons. The number of carboxylic acid groups (broad SMARTS) is 1. The van der Waals surface area contributed by atoms with Gasteiger partial charge in [-0.25, -0.2) is 4.79 Å². The Bertz CT molecular complexity index is 843. The number of hydrogen-bond donors (Lipinski definition) is 2. The Morgan fingerprint density at radius 1 is 1.10 bits per heavy atom. The molecule has 2 aromatic rings. The molecule has 1 aliphatic heterocycles. The minimum atomic E-state index is -5.08. The molecule has 1 fully saturated rings. The number of carbonyl (C=O) groups is 1. The molecule has 2 N–H and O–H groups in total. The number of alkyl halides is 3. The third kappa shape index (κ3) is 5.62. The van der Waals surface area contributed by atoms with Gasteiger partial charge in [0.1, 0.15) is 0 Å². The quantitative estimate of drug-likeness (QED) is 0.722. The van der Waals surface area contributed by atoms with Gasteiger partial charge in [-0.05, 0) is 60.6 Å². The molecule has 0 radical (unpaired) electrons. The topological polar surface area (TPSA) is 60.8 Å². The summed E-state index contributed by atoms with van der Waals surface area (Å²) in [4.78, 5) is 13.0. The molecule has 1 aliphatic carbocycles. The van der Waals surface area contributed by atoms with Crippen LogP contribution in [0.2, 0.25) is 0 Å². The number of nitrogens with zero attached hydrogens (tertiary/aromatic N) is 1. The third-order valence-electron chi connectivity index (χ3n) is 5.78. The number of halogens is 3. The number of aryl methyl sites for hydroxylation is 1. The lowest BCUT2D eigenvalue weighted by molar-refractivity contribution is -0.192. The van der Waals surface area contributed by atoms with E-state index in [1.54, 1.807) is 16.0 Å². The van der Waals surface area contributed by atoms with E-state index in [1.807, 2.05) is 29.5 Å². The number of benzene rings is 1. The van der Waals surface area contributed by atoms with Crippen LogP contribution in [0.5, 0.6) is 0 Å². The van der Waals surface area contributed by atoms with Crippen LogP contribution < -0.4 is 0 Å². The number of aliphatic hydroxyl groups is 1. The van der Waals surface area contributed by atoms with Crippen molar-refractivity contribution in [1.29, 1.82) is 0 Å². The number of carboxylic acids is 1. The Morgan fingerprint density at radius 3 is 2.30 bits per heavy atom. The van der Waals surface area contributed by atoms with Crippen molar-refractivity contribution >= 4 is 17.3 Å². The van der Waals surface area contributed by atoms with E-state index in [4.69, 9.17) is 9.90 Å². The molecule has 0 saturated carbocycles. The van der Waals surface area contributed by atoms with Crippen LogP contribution in [-0.4, -0.2) is 40.3 Å². The summed E-state index contributed by atoms with van der Waals surface area (Å²) < 4.78 is 31.7. The van der Waals surface area contributed by atoms with Crippen molar-refractivity contribution in [3.05, 3.63) is 57.3 Å². The average molecular weight is 442 g/mol. The van der Waals surface area contributed by atoms with Gasteiger partial charge in [0.15, 0.2) is 0 Å². The number of aliphatic carboxylic acids is 1. The first-order chi connectivity index (χ1) is 14.2. The molecule has 0 atom stereocenters. The van der Waals surface area contributed by atoms with Crippen molar-refractivity contribution in [3.8, 4) is 0 Å². The van der Waals surface area contributed by atoms with Gasteiger partial charge in [0, 0.05) is 24.5 Å². The summed E-state index contributed by atoms with van der Waals surface area (Å²) >= 11 is 1.96. The number of thiophene rings is 1. The number of hydrogen-bond acceptors (Lipinski definition) is 4. The highest BCUT2D eigenvalue weighted by atomic mass is 32.1. The normalized spacial score (nSPS) is 18.8. The molecule has 2 heterocycles. The van der Waals surface area contributed by atoms with Crippen LogP contribution >= 0.6 is 11.3 Å². The van der Waals surface area contributed by atoms with Crippen LogP contribution in [0.1, 0.15) is 47.3 Å². The van der Waals surface area contributed by atoms with Crippen molar-refractivity contribution in [1.82, 2.24) is 4.90 Å². The molecule has 1 saturated heterocycles. The first-order valence-corrected chi connectivity index (χ1v) is 11.0. The lowest BCUT2D eigenvalue weighted by atomic mass is 9.84. The lowest BCUT2D eigenvalue weighted by Gasteiger charge is -2.38. The number of piperidine rings is 1. The third-order valence-corrected chi connectivity index (χ3v) is 6.92. The first-order valence-electron chi connectivity index (χ1n) is 10.1. The van der Waals surface area contributed by atoms with E-state index >= 15 is 0 Å². The van der Waals surface area contributed by atoms with Crippen LogP contribution in [0.15, 0.2) is 35.7 Å². The summed E-state index contributed by atoms with van der Waals surface area (Å²) in [6.07, 6.45) is 1.86. The molecular formula is C22H26F3NO3S. The number of likely N-dealkylation sites (tertiary alicyclic amines) is 1. The number of fused-ring (bicyclic) bond motifs is 1. The van der Waals surface area contributed by atoms with Crippen LogP contribution in [0, 0.1) is 0 Å². The molecule has 4 rings (SSSR count). The maximum atomic E-state index is 11.0. The Morgan fingerprint density at radius 2 is 1.70 bits per heavy atom. The van der Waals surface area contributed by atoms with Crippen molar-refractivity contribution in [3.63, 3.8) is 0 Å². The van der Waals surface area contributed by atoms with E-state index in [-0.39, 0.29) is 0 Å².